The molecule has 7 heteroatoms. The summed E-state index contributed by atoms with van der Waals surface area (Å²) >= 11 is 0. The molecule has 1 aliphatic heterocycles. The Hall–Kier alpha value is -3.03. The van der Waals surface area contributed by atoms with Crippen LogP contribution in [0.4, 0.5) is 0 Å². The second kappa shape index (κ2) is 11.1. The van der Waals surface area contributed by atoms with E-state index in [0.29, 0.717) is 41.0 Å². The molecule has 2 heterocycles. The van der Waals surface area contributed by atoms with Crippen molar-refractivity contribution >= 4 is 16.9 Å². The Bertz CT molecular complexity index is 1240. The van der Waals surface area contributed by atoms with Crippen LogP contribution in [-0.2, 0) is 13.2 Å². The van der Waals surface area contributed by atoms with Gasteiger partial charge in [0.15, 0.2) is 0 Å². The van der Waals surface area contributed by atoms with E-state index < -0.39 is 0 Å². The molecule has 0 unspecified atom stereocenters. The molecule has 3 aromatic rings. The molecule has 0 radical (unpaired) electrons. The smallest absolute Gasteiger partial charge is 0.277 e. The highest BCUT2D eigenvalue weighted by Crippen LogP contribution is 2.24. The number of nitrogens with zero attached hydrogens (tertiary/aromatic N) is 3. The number of hydrogen-bond donors (Lipinski definition) is 3. The molecule has 2 atom stereocenters. The maximum atomic E-state index is 13.6. The largest absolute Gasteiger partial charge is 0.392 e. The third-order valence-corrected chi connectivity index (χ3v) is 7.31. The first-order valence-electron chi connectivity index (χ1n) is 12.7. The molecule has 1 aliphatic rings. The first-order chi connectivity index (χ1) is 16.9. The monoisotopic (exact) mass is 475 g/mol. The zero-order valence-corrected chi connectivity index (χ0v) is 20.8. The lowest BCUT2D eigenvalue weighted by molar-refractivity contribution is 0.101. The van der Waals surface area contributed by atoms with Gasteiger partial charge in [-0.2, -0.15) is 0 Å². The lowest BCUT2D eigenvalue weighted by atomic mass is 9.97. The Morgan fingerprint density at radius 1 is 1.09 bits per heavy atom. The van der Waals surface area contributed by atoms with Crippen LogP contribution in [0.2, 0.25) is 0 Å². The van der Waals surface area contributed by atoms with Crippen LogP contribution in [0.15, 0.2) is 47.3 Å². The summed E-state index contributed by atoms with van der Waals surface area (Å²) in [4.78, 5) is 20.9. The highest BCUT2D eigenvalue weighted by atomic mass is 16.3. The number of unbranched alkanes of at least 4 members (excludes halogenated alkanes) is 2. The number of aliphatic hydroxyl groups excluding tert-OH is 1. The van der Waals surface area contributed by atoms with Gasteiger partial charge in [-0.15, -0.1) is 0 Å². The van der Waals surface area contributed by atoms with Crippen LogP contribution in [0.3, 0.4) is 0 Å². The van der Waals surface area contributed by atoms with Crippen molar-refractivity contribution in [2.75, 3.05) is 6.54 Å². The molecule has 0 saturated carbocycles. The summed E-state index contributed by atoms with van der Waals surface area (Å²) in [5, 5.41) is 17.4. The number of aryl methyl sites for hydroxylation is 1. The van der Waals surface area contributed by atoms with Crippen molar-refractivity contribution < 1.29 is 5.11 Å². The normalized spacial score (nSPS) is 18.7. The summed E-state index contributed by atoms with van der Waals surface area (Å²) in [5.74, 6) is -0.0436. The van der Waals surface area contributed by atoms with Gasteiger partial charge in [-0.3, -0.25) is 15.1 Å². The van der Waals surface area contributed by atoms with E-state index in [1.807, 2.05) is 24.3 Å². The highest BCUT2D eigenvalue weighted by Gasteiger charge is 2.23. The minimum absolute atomic E-state index is 0.0436. The maximum absolute atomic E-state index is 13.6. The van der Waals surface area contributed by atoms with Gasteiger partial charge in [0.1, 0.15) is 11.5 Å². The first-order valence-corrected chi connectivity index (χ1v) is 12.7. The quantitative estimate of drug-likeness (QED) is 0.243. The molecule has 35 heavy (non-hydrogen) atoms. The number of nitrogens with two attached hydrogens (primary N) is 1. The van der Waals surface area contributed by atoms with Crippen LogP contribution in [-0.4, -0.2) is 44.0 Å². The van der Waals surface area contributed by atoms with Crippen LogP contribution >= 0.6 is 0 Å². The lowest BCUT2D eigenvalue weighted by Crippen LogP contribution is -2.44. The molecule has 4 N–H and O–H groups in total. The van der Waals surface area contributed by atoms with Crippen molar-refractivity contribution in [3.63, 3.8) is 0 Å². The van der Waals surface area contributed by atoms with Crippen molar-refractivity contribution in [2.24, 2.45) is 5.73 Å². The standard InChI is InChI=1S/C28H37N5O2/c1-19-8-6-9-20(2)32(19)14-4-3-5-15-33-25-16-21(18-34)12-13-24(25)31-26(28(33)35)22-10-7-11-23(17-22)27(29)30/h7,10-13,16-17,19-20,34H,3-6,8-9,14-15,18H2,1-2H3,(H3,29,30)/t19-,20+. The average molecular weight is 476 g/mol. The molecule has 4 rings (SSSR count). The Morgan fingerprint density at radius 3 is 2.54 bits per heavy atom. The number of rotatable bonds is 9. The van der Waals surface area contributed by atoms with Crippen molar-refractivity contribution in [3.05, 3.63) is 63.9 Å². The Balaban J connectivity index is 1.58. The average Bonchev–Trinajstić information content (AvgIpc) is 2.86. The van der Waals surface area contributed by atoms with E-state index in [1.54, 1.807) is 22.8 Å². The molecule has 0 bridgehead atoms. The molecule has 7 nitrogen and oxygen atoms in total. The van der Waals surface area contributed by atoms with Gasteiger partial charge in [-0.1, -0.05) is 37.1 Å². The summed E-state index contributed by atoms with van der Waals surface area (Å²) in [5.41, 5.74) is 9.28. The number of aromatic nitrogens is 2. The van der Waals surface area contributed by atoms with Gasteiger partial charge in [-0.05, 0) is 69.8 Å². The number of benzene rings is 2. The van der Waals surface area contributed by atoms with Crippen molar-refractivity contribution in [1.29, 1.82) is 5.41 Å². The number of nitrogens with one attached hydrogen (secondary N) is 1. The minimum Gasteiger partial charge on any atom is -0.392 e. The molecule has 0 amide bonds. The Morgan fingerprint density at radius 2 is 1.83 bits per heavy atom. The van der Waals surface area contributed by atoms with Crippen molar-refractivity contribution in [3.8, 4) is 11.3 Å². The van der Waals surface area contributed by atoms with Crippen molar-refractivity contribution in [1.82, 2.24) is 14.5 Å². The second-order valence-electron chi connectivity index (χ2n) is 9.82. The number of amidine groups is 1. The fourth-order valence-corrected chi connectivity index (χ4v) is 5.28. The predicted octanol–water partition coefficient (Wildman–Crippen LogP) is 4.27. The van der Waals surface area contributed by atoms with Gasteiger partial charge >= 0.3 is 0 Å². The summed E-state index contributed by atoms with van der Waals surface area (Å²) < 4.78 is 1.80. The summed E-state index contributed by atoms with van der Waals surface area (Å²) in [6.07, 6.45) is 6.94. The minimum atomic E-state index is -0.161. The molecule has 2 aromatic carbocycles. The molecular weight excluding hydrogens is 438 g/mol. The Kier molecular flexibility index (Phi) is 7.98. The summed E-state index contributed by atoms with van der Waals surface area (Å²) in [6.45, 7) is 6.28. The first kappa shape index (κ1) is 25.1. The third-order valence-electron chi connectivity index (χ3n) is 7.31. The fraction of sp³-hybridized carbons (Fsp3) is 0.464. The van der Waals surface area contributed by atoms with E-state index >= 15 is 0 Å². The van der Waals surface area contributed by atoms with Crippen LogP contribution in [0.1, 0.15) is 63.5 Å². The van der Waals surface area contributed by atoms with Crippen LogP contribution in [0.25, 0.3) is 22.3 Å². The van der Waals surface area contributed by atoms with E-state index in [2.05, 4.69) is 23.7 Å². The van der Waals surface area contributed by atoms with Gasteiger partial charge in [0, 0.05) is 29.8 Å². The third kappa shape index (κ3) is 5.63. The van der Waals surface area contributed by atoms with E-state index in [9.17, 15) is 9.90 Å². The van der Waals surface area contributed by atoms with E-state index in [4.69, 9.17) is 11.1 Å². The number of piperidine rings is 1. The summed E-state index contributed by atoms with van der Waals surface area (Å²) in [6, 6.07) is 14.0. The second-order valence-corrected chi connectivity index (χ2v) is 9.82. The van der Waals surface area contributed by atoms with Crippen LogP contribution in [0, 0.1) is 5.41 Å². The number of likely N-dealkylation sites (tertiary alicyclic amines) is 1. The van der Waals surface area contributed by atoms with E-state index in [0.717, 1.165) is 36.9 Å². The predicted molar refractivity (Wildman–Crippen MR) is 142 cm³/mol. The molecular formula is C28H37N5O2. The topological polar surface area (TPSA) is 108 Å². The van der Waals surface area contributed by atoms with Gasteiger partial charge < -0.3 is 15.4 Å². The fourth-order valence-electron chi connectivity index (χ4n) is 5.28. The highest BCUT2D eigenvalue weighted by molar-refractivity contribution is 5.96. The molecule has 1 saturated heterocycles. The molecule has 1 aromatic heterocycles. The zero-order chi connectivity index (χ0) is 24.9. The number of aliphatic hydroxyl groups is 1. The number of nitrogen functional groups attached to an aromatic ring is 1. The van der Waals surface area contributed by atoms with Crippen molar-refractivity contribution in [2.45, 2.75) is 77.6 Å². The number of fused-ring (bicyclic) bond motifs is 1. The van der Waals surface area contributed by atoms with E-state index in [-0.39, 0.29) is 18.0 Å². The van der Waals surface area contributed by atoms with Gasteiger partial charge in [-0.25, -0.2) is 4.98 Å². The number of hydrogen-bond acceptors (Lipinski definition) is 5. The molecule has 0 spiro atoms. The van der Waals surface area contributed by atoms with Gasteiger partial charge in [0.25, 0.3) is 5.56 Å². The molecule has 1 fully saturated rings. The van der Waals surface area contributed by atoms with Gasteiger partial charge in [0.2, 0.25) is 0 Å². The lowest BCUT2D eigenvalue weighted by Gasteiger charge is -2.39. The molecule has 186 valence electrons. The van der Waals surface area contributed by atoms with Gasteiger partial charge in [0.05, 0.1) is 17.6 Å². The molecule has 0 aliphatic carbocycles. The van der Waals surface area contributed by atoms with E-state index in [1.165, 1.54) is 19.3 Å². The Labute approximate surface area is 207 Å². The maximum Gasteiger partial charge on any atom is 0.277 e. The zero-order valence-electron chi connectivity index (χ0n) is 20.8. The van der Waals surface area contributed by atoms with Crippen LogP contribution in [0.5, 0.6) is 0 Å². The SMILES string of the molecule is C[C@@H]1CCC[C@H](C)N1CCCCCn1c(=O)c(-c2cccc(C(=N)N)c2)nc2ccc(CO)cc21. The van der Waals surface area contributed by atoms with Crippen LogP contribution < -0.4 is 11.3 Å². The summed E-state index contributed by atoms with van der Waals surface area (Å²) in [7, 11) is 0.